The Bertz CT molecular complexity index is 523. The zero-order valence-corrected chi connectivity index (χ0v) is 9.99. The number of furan rings is 1. The highest BCUT2D eigenvalue weighted by Crippen LogP contribution is 2.14. The molecule has 1 amide bonds. The average Bonchev–Trinajstić information content (AvgIpc) is 2.78. The Morgan fingerprint density at radius 2 is 2.41 bits per heavy atom. The topological polar surface area (TPSA) is 55.1 Å². The van der Waals surface area contributed by atoms with Gasteiger partial charge in [0.1, 0.15) is 5.69 Å². The fourth-order valence-electron chi connectivity index (χ4n) is 1.36. The summed E-state index contributed by atoms with van der Waals surface area (Å²) in [5.41, 5.74) is 2.05. The van der Waals surface area contributed by atoms with Crippen molar-refractivity contribution in [2.45, 2.75) is 13.5 Å². The molecule has 0 aliphatic rings. The van der Waals surface area contributed by atoms with Gasteiger partial charge >= 0.3 is 0 Å². The van der Waals surface area contributed by atoms with Gasteiger partial charge in [0.05, 0.1) is 17.5 Å². The second-order valence-electron chi connectivity index (χ2n) is 3.66. The molecule has 5 heteroatoms. The molecular formula is C12H11ClN2O2. The van der Waals surface area contributed by atoms with E-state index in [1.165, 1.54) is 0 Å². The summed E-state index contributed by atoms with van der Waals surface area (Å²) in [6, 6.07) is 3.49. The average molecular weight is 251 g/mol. The molecule has 0 saturated heterocycles. The first-order valence-corrected chi connectivity index (χ1v) is 5.46. The van der Waals surface area contributed by atoms with Crippen LogP contribution in [0.15, 0.2) is 35.3 Å². The van der Waals surface area contributed by atoms with Gasteiger partial charge in [0, 0.05) is 18.3 Å². The Balaban J connectivity index is 2.04. The first-order chi connectivity index (χ1) is 8.16. The van der Waals surface area contributed by atoms with Crippen LogP contribution in [0.2, 0.25) is 5.02 Å². The molecule has 0 aliphatic carbocycles. The number of pyridine rings is 1. The molecule has 2 aromatic heterocycles. The fraction of sp³-hybridized carbons (Fsp3) is 0.167. The van der Waals surface area contributed by atoms with E-state index in [0.717, 1.165) is 11.1 Å². The Morgan fingerprint density at radius 1 is 1.59 bits per heavy atom. The lowest BCUT2D eigenvalue weighted by molar-refractivity contribution is 0.0946. The smallest absolute Gasteiger partial charge is 0.271 e. The number of carbonyl (C=O) groups excluding carboxylic acids is 1. The van der Waals surface area contributed by atoms with Crippen LogP contribution < -0.4 is 5.32 Å². The van der Waals surface area contributed by atoms with Crippen molar-refractivity contribution in [3.63, 3.8) is 0 Å². The lowest BCUT2D eigenvalue weighted by Crippen LogP contribution is -2.24. The van der Waals surface area contributed by atoms with Crippen molar-refractivity contribution in [1.29, 1.82) is 0 Å². The summed E-state index contributed by atoms with van der Waals surface area (Å²) in [5.74, 6) is -0.295. The maximum atomic E-state index is 11.8. The highest BCUT2D eigenvalue weighted by atomic mass is 35.5. The quantitative estimate of drug-likeness (QED) is 0.911. The second kappa shape index (κ2) is 5.01. The first-order valence-electron chi connectivity index (χ1n) is 5.08. The molecule has 2 aromatic rings. The lowest BCUT2D eigenvalue weighted by atomic mass is 10.2. The van der Waals surface area contributed by atoms with Crippen molar-refractivity contribution < 1.29 is 9.21 Å². The van der Waals surface area contributed by atoms with Crippen LogP contribution in [-0.4, -0.2) is 10.9 Å². The summed E-state index contributed by atoms with van der Waals surface area (Å²) in [7, 11) is 0. The van der Waals surface area contributed by atoms with Crippen molar-refractivity contribution in [2.75, 3.05) is 0 Å². The fourth-order valence-corrected chi connectivity index (χ4v) is 1.67. The van der Waals surface area contributed by atoms with Crippen molar-refractivity contribution in [1.82, 2.24) is 10.3 Å². The number of carbonyl (C=O) groups is 1. The van der Waals surface area contributed by atoms with Gasteiger partial charge in [-0.25, -0.2) is 4.98 Å². The Hall–Kier alpha value is -1.81. The van der Waals surface area contributed by atoms with Crippen LogP contribution in [0, 0.1) is 6.92 Å². The largest absolute Gasteiger partial charge is 0.472 e. The molecular weight excluding hydrogens is 240 g/mol. The summed E-state index contributed by atoms with van der Waals surface area (Å²) in [5, 5.41) is 3.07. The van der Waals surface area contributed by atoms with Crippen LogP contribution in [0.4, 0.5) is 0 Å². The van der Waals surface area contributed by atoms with Gasteiger partial charge in [0.25, 0.3) is 5.91 Å². The highest BCUT2D eigenvalue weighted by Gasteiger charge is 2.11. The monoisotopic (exact) mass is 250 g/mol. The molecule has 0 atom stereocenters. The van der Waals surface area contributed by atoms with E-state index in [1.807, 2.05) is 6.92 Å². The molecule has 0 spiro atoms. The summed E-state index contributed by atoms with van der Waals surface area (Å²) >= 11 is 5.94. The first kappa shape index (κ1) is 11.7. The Morgan fingerprint density at radius 3 is 3.06 bits per heavy atom. The SMILES string of the molecule is Cc1cnc(C(=O)NCc2ccoc2)c(Cl)c1. The third kappa shape index (κ3) is 2.85. The van der Waals surface area contributed by atoms with E-state index in [2.05, 4.69) is 10.3 Å². The molecule has 0 fully saturated rings. The molecule has 0 aromatic carbocycles. The minimum absolute atomic E-state index is 0.237. The minimum Gasteiger partial charge on any atom is -0.472 e. The zero-order chi connectivity index (χ0) is 12.3. The van der Waals surface area contributed by atoms with Gasteiger partial charge in [-0.15, -0.1) is 0 Å². The Labute approximate surface area is 104 Å². The van der Waals surface area contributed by atoms with Gasteiger partial charge in [-0.05, 0) is 24.6 Å². The van der Waals surface area contributed by atoms with E-state index >= 15 is 0 Å². The number of rotatable bonds is 3. The van der Waals surface area contributed by atoms with Gasteiger partial charge in [0.2, 0.25) is 0 Å². The van der Waals surface area contributed by atoms with Crippen LogP contribution in [0.25, 0.3) is 0 Å². The van der Waals surface area contributed by atoms with Crippen LogP contribution in [0.3, 0.4) is 0 Å². The van der Waals surface area contributed by atoms with Gasteiger partial charge in [0.15, 0.2) is 0 Å². The van der Waals surface area contributed by atoms with Gasteiger partial charge in [-0.2, -0.15) is 0 Å². The molecule has 0 radical (unpaired) electrons. The number of hydrogen-bond donors (Lipinski definition) is 1. The molecule has 0 bridgehead atoms. The number of aryl methyl sites for hydroxylation is 1. The standard InChI is InChI=1S/C12H11ClN2O2/c1-8-4-10(13)11(14-5-8)12(16)15-6-9-2-3-17-7-9/h2-5,7H,6H2,1H3,(H,15,16). The minimum atomic E-state index is -0.295. The van der Waals surface area contributed by atoms with Crippen LogP contribution in [-0.2, 0) is 6.54 Å². The van der Waals surface area contributed by atoms with Gasteiger partial charge in [-0.1, -0.05) is 11.6 Å². The maximum absolute atomic E-state index is 11.8. The molecule has 4 nitrogen and oxygen atoms in total. The summed E-state index contributed by atoms with van der Waals surface area (Å²) in [4.78, 5) is 15.8. The van der Waals surface area contributed by atoms with E-state index in [4.69, 9.17) is 16.0 Å². The van der Waals surface area contributed by atoms with Crippen molar-refractivity contribution in [3.05, 3.63) is 52.7 Å². The molecule has 0 saturated carbocycles. The van der Waals surface area contributed by atoms with Crippen LogP contribution >= 0.6 is 11.6 Å². The summed E-state index contributed by atoms with van der Waals surface area (Å²) in [6.07, 6.45) is 4.74. The van der Waals surface area contributed by atoms with Crippen molar-refractivity contribution in [3.8, 4) is 0 Å². The number of nitrogens with zero attached hydrogens (tertiary/aromatic N) is 1. The number of amides is 1. The molecule has 0 unspecified atom stereocenters. The molecule has 0 aliphatic heterocycles. The maximum Gasteiger partial charge on any atom is 0.271 e. The lowest BCUT2D eigenvalue weighted by Gasteiger charge is -2.05. The Kier molecular flexibility index (Phi) is 3.44. The predicted octanol–water partition coefficient (Wildman–Crippen LogP) is 2.57. The number of hydrogen-bond acceptors (Lipinski definition) is 3. The molecule has 2 heterocycles. The van der Waals surface area contributed by atoms with Gasteiger partial charge in [-0.3, -0.25) is 4.79 Å². The van der Waals surface area contributed by atoms with Crippen LogP contribution in [0.5, 0.6) is 0 Å². The highest BCUT2D eigenvalue weighted by molar-refractivity contribution is 6.33. The third-order valence-corrected chi connectivity index (χ3v) is 2.51. The van der Waals surface area contributed by atoms with E-state index in [1.54, 1.807) is 30.9 Å². The van der Waals surface area contributed by atoms with E-state index in [-0.39, 0.29) is 11.6 Å². The van der Waals surface area contributed by atoms with Crippen molar-refractivity contribution >= 4 is 17.5 Å². The third-order valence-electron chi connectivity index (χ3n) is 2.23. The van der Waals surface area contributed by atoms with Crippen LogP contribution in [0.1, 0.15) is 21.6 Å². The summed E-state index contributed by atoms with van der Waals surface area (Å²) in [6.45, 7) is 2.26. The number of aromatic nitrogens is 1. The summed E-state index contributed by atoms with van der Waals surface area (Å²) < 4.78 is 4.90. The number of nitrogens with one attached hydrogen (secondary N) is 1. The number of halogens is 1. The van der Waals surface area contributed by atoms with Crippen molar-refractivity contribution in [2.24, 2.45) is 0 Å². The normalized spacial score (nSPS) is 10.2. The zero-order valence-electron chi connectivity index (χ0n) is 9.24. The molecule has 1 N–H and O–H groups in total. The van der Waals surface area contributed by atoms with E-state index in [9.17, 15) is 4.79 Å². The predicted molar refractivity (Wildman–Crippen MR) is 63.9 cm³/mol. The van der Waals surface area contributed by atoms with Gasteiger partial charge < -0.3 is 9.73 Å². The van der Waals surface area contributed by atoms with E-state index in [0.29, 0.717) is 11.6 Å². The molecule has 17 heavy (non-hydrogen) atoms. The van der Waals surface area contributed by atoms with E-state index < -0.39 is 0 Å². The second-order valence-corrected chi connectivity index (χ2v) is 4.06. The molecule has 88 valence electrons. The molecule has 2 rings (SSSR count).